The summed E-state index contributed by atoms with van der Waals surface area (Å²) in [4.78, 5) is 76.5. The van der Waals surface area contributed by atoms with Gasteiger partial charge in [0.25, 0.3) is 0 Å². The highest BCUT2D eigenvalue weighted by Crippen LogP contribution is 2.03. The minimum atomic E-state index is -1.81. The Kier molecular flexibility index (Phi) is 9.58. The van der Waals surface area contributed by atoms with Crippen molar-refractivity contribution in [2.75, 3.05) is 6.54 Å². The molecule has 3 atom stereocenters. The molecule has 0 aromatic carbocycles. The number of imidazole rings is 1. The lowest BCUT2D eigenvalue weighted by atomic mass is 10.1. The molecule has 0 aliphatic rings. The lowest BCUT2D eigenvalue weighted by Gasteiger charge is -2.23. The van der Waals surface area contributed by atoms with Crippen LogP contribution >= 0.6 is 0 Å². The number of carboxylic acids is 2. The molecule has 1 aromatic rings. The van der Waals surface area contributed by atoms with Crippen molar-refractivity contribution in [1.82, 2.24) is 25.9 Å². The third-order valence-electron chi connectivity index (χ3n) is 3.85. The third-order valence-corrected chi connectivity index (χ3v) is 3.85. The zero-order chi connectivity index (χ0) is 23.6. The van der Waals surface area contributed by atoms with Gasteiger partial charge in [0.1, 0.15) is 18.1 Å². The van der Waals surface area contributed by atoms with E-state index in [4.69, 9.17) is 21.7 Å². The van der Waals surface area contributed by atoms with Gasteiger partial charge in [0.05, 0.1) is 25.7 Å². The highest BCUT2D eigenvalue weighted by Gasteiger charge is 2.31. The van der Waals surface area contributed by atoms with Gasteiger partial charge >= 0.3 is 11.9 Å². The van der Waals surface area contributed by atoms with Crippen LogP contribution < -0.4 is 27.4 Å². The summed E-state index contributed by atoms with van der Waals surface area (Å²) in [7, 11) is 0. The standard InChI is InChI=1S/C16H23N7O8/c17-4-12(25)21-8(1-7-5-19-6-20-7)14(28)22-9(2-11(18)24)15(29)23-10(16(30)31)3-13(26)27/h5-6,8-10H,1-4,17H2,(H2,18,24)(H,19,20)(H,21,25)(H,22,28)(H,23,29)(H,26,27)(H,30,31). The van der Waals surface area contributed by atoms with E-state index < -0.39 is 73.1 Å². The van der Waals surface area contributed by atoms with Gasteiger partial charge in [0.15, 0.2) is 0 Å². The molecule has 4 amide bonds. The number of amides is 4. The number of nitrogens with one attached hydrogen (secondary N) is 4. The smallest absolute Gasteiger partial charge is 0.326 e. The molecule has 0 aliphatic heterocycles. The van der Waals surface area contributed by atoms with Crippen LogP contribution in [-0.2, 0) is 35.2 Å². The summed E-state index contributed by atoms with van der Waals surface area (Å²) in [6, 6.07) is -4.66. The minimum Gasteiger partial charge on any atom is -0.481 e. The lowest BCUT2D eigenvalue weighted by Crippen LogP contribution is -2.57. The van der Waals surface area contributed by atoms with Crippen LogP contribution in [-0.4, -0.2) is 80.4 Å². The molecule has 1 rings (SSSR count). The van der Waals surface area contributed by atoms with Crippen LogP contribution in [0.5, 0.6) is 0 Å². The molecular formula is C16H23N7O8. The second-order valence-electron chi connectivity index (χ2n) is 6.33. The number of carbonyl (C=O) groups is 6. The molecule has 10 N–H and O–H groups in total. The number of carbonyl (C=O) groups excluding carboxylic acids is 4. The highest BCUT2D eigenvalue weighted by molar-refractivity contribution is 5.96. The zero-order valence-corrected chi connectivity index (χ0v) is 16.2. The Bertz CT molecular complexity index is 826. The van der Waals surface area contributed by atoms with Gasteiger partial charge in [-0.15, -0.1) is 0 Å². The first-order chi connectivity index (χ1) is 14.5. The van der Waals surface area contributed by atoms with Crippen molar-refractivity contribution in [2.24, 2.45) is 11.5 Å². The van der Waals surface area contributed by atoms with E-state index in [0.717, 1.165) is 0 Å². The number of aromatic amines is 1. The Morgan fingerprint density at radius 1 is 0.968 bits per heavy atom. The van der Waals surface area contributed by atoms with Gasteiger partial charge in [0, 0.05) is 18.3 Å². The van der Waals surface area contributed by atoms with Gasteiger partial charge in [-0.1, -0.05) is 0 Å². The van der Waals surface area contributed by atoms with Crippen LogP contribution in [0.25, 0.3) is 0 Å². The molecule has 0 saturated heterocycles. The van der Waals surface area contributed by atoms with Crippen molar-refractivity contribution in [3.8, 4) is 0 Å². The number of primary amides is 1. The van der Waals surface area contributed by atoms with Crippen molar-refractivity contribution in [3.05, 3.63) is 18.2 Å². The largest absolute Gasteiger partial charge is 0.481 e. The number of aliphatic carboxylic acids is 2. The molecule has 15 heteroatoms. The molecule has 170 valence electrons. The molecular weight excluding hydrogens is 418 g/mol. The Labute approximate surface area is 174 Å². The van der Waals surface area contributed by atoms with Gasteiger partial charge in [-0.25, -0.2) is 9.78 Å². The average Bonchev–Trinajstić information content (AvgIpc) is 3.18. The zero-order valence-electron chi connectivity index (χ0n) is 16.2. The fourth-order valence-corrected chi connectivity index (χ4v) is 2.41. The maximum atomic E-state index is 12.7. The van der Waals surface area contributed by atoms with Crippen molar-refractivity contribution in [3.63, 3.8) is 0 Å². The minimum absolute atomic E-state index is 0.0702. The van der Waals surface area contributed by atoms with E-state index in [-0.39, 0.29) is 6.42 Å². The maximum absolute atomic E-state index is 12.7. The number of carboxylic acid groups (broad SMARTS) is 2. The molecule has 0 bridgehead atoms. The first-order valence-electron chi connectivity index (χ1n) is 8.83. The number of nitrogens with zero attached hydrogens (tertiary/aromatic N) is 1. The summed E-state index contributed by atoms with van der Waals surface area (Å²) in [5.74, 6) is -6.85. The summed E-state index contributed by atoms with van der Waals surface area (Å²) in [6.45, 7) is -0.423. The van der Waals surface area contributed by atoms with Crippen LogP contribution in [0, 0.1) is 0 Å². The summed E-state index contributed by atoms with van der Waals surface area (Å²) in [5, 5.41) is 24.3. The predicted octanol–water partition coefficient (Wildman–Crippen LogP) is -4.20. The monoisotopic (exact) mass is 441 g/mol. The second-order valence-corrected chi connectivity index (χ2v) is 6.33. The molecule has 15 nitrogen and oxygen atoms in total. The van der Waals surface area contributed by atoms with E-state index in [1.807, 2.05) is 5.32 Å². The Hall–Kier alpha value is -4.01. The highest BCUT2D eigenvalue weighted by atomic mass is 16.4. The summed E-state index contributed by atoms with van der Waals surface area (Å²) < 4.78 is 0. The molecule has 0 saturated carbocycles. The predicted molar refractivity (Wildman–Crippen MR) is 101 cm³/mol. The first-order valence-corrected chi connectivity index (χ1v) is 8.83. The van der Waals surface area contributed by atoms with Crippen LogP contribution in [0.1, 0.15) is 18.5 Å². The fourth-order valence-electron chi connectivity index (χ4n) is 2.41. The van der Waals surface area contributed by atoms with Gasteiger partial charge in [-0.3, -0.25) is 24.0 Å². The number of rotatable bonds is 13. The Morgan fingerprint density at radius 3 is 2.06 bits per heavy atom. The Morgan fingerprint density at radius 2 is 1.58 bits per heavy atom. The molecule has 31 heavy (non-hydrogen) atoms. The van der Waals surface area contributed by atoms with Gasteiger partial charge in [-0.05, 0) is 0 Å². The van der Waals surface area contributed by atoms with Crippen molar-refractivity contribution < 1.29 is 39.0 Å². The van der Waals surface area contributed by atoms with Crippen molar-refractivity contribution in [2.45, 2.75) is 37.4 Å². The normalized spacial score (nSPS) is 13.3. The van der Waals surface area contributed by atoms with E-state index in [1.54, 1.807) is 0 Å². The summed E-state index contributed by atoms with van der Waals surface area (Å²) in [6.07, 6.45) is 1.02. The number of H-pyrrole nitrogens is 1. The van der Waals surface area contributed by atoms with E-state index in [2.05, 4.69) is 20.6 Å². The Balaban J connectivity index is 2.99. The topological polar surface area (TPSA) is 260 Å². The van der Waals surface area contributed by atoms with E-state index in [0.29, 0.717) is 5.69 Å². The second kappa shape index (κ2) is 11.9. The first kappa shape index (κ1) is 25.0. The fraction of sp³-hybridized carbons (Fsp3) is 0.438. The molecule has 0 aliphatic carbocycles. The number of hydrogen-bond donors (Lipinski definition) is 8. The van der Waals surface area contributed by atoms with Crippen LogP contribution in [0.4, 0.5) is 0 Å². The third kappa shape index (κ3) is 8.90. The van der Waals surface area contributed by atoms with E-state index in [9.17, 15) is 28.8 Å². The number of nitrogens with two attached hydrogens (primary N) is 2. The molecule has 0 spiro atoms. The molecule has 1 heterocycles. The van der Waals surface area contributed by atoms with Crippen molar-refractivity contribution >= 4 is 35.6 Å². The average molecular weight is 441 g/mol. The summed E-state index contributed by atoms with van der Waals surface area (Å²) in [5.41, 5.74) is 10.8. The van der Waals surface area contributed by atoms with Crippen LogP contribution in [0.15, 0.2) is 12.5 Å². The quantitative estimate of drug-likeness (QED) is 0.146. The number of hydrogen-bond acceptors (Lipinski definition) is 8. The number of aromatic nitrogens is 2. The van der Waals surface area contributed by atoms with Gasteiger partial charge in [0.2, 0.25) is 23.6 Å². The van der Waals surface area contributed by atoms with E-state index in [1.165, 1.54) is 12.5 Å². The molecule has 3 unspecified atom stereocenters. The SMILES string of the molecule is NCC(=O)NC(Cc1cnc[nH]1)C(=O)NC(CC(N)=O)C(=O)NC(CC(=O)O)C(=O)O. The van der Waals surface area contributed by atoms with Crippen LogP contribution in [0.2, 0.25) is 0 Å². The van der Waals surface area contributed by atoms with E-state index >= 15 is 0 Å². The van der Waals surface area contributed by atoms with Gasteiger partial charge in [-0.2, -0.15) is 0 Å². The maximum Gasteiger partial charge on any atom is 0.326 e. The summed E-state index contributed by atoms with van der Waals surface area (Å²) >= 11 is 0. The van der Waals surface area contributed by atoms with Gasteiger partial charge < -0.3 is 42.6 Å². The van der Waals surface area contributed by atoms with Crippen molar-refractivity contribution in [1.29, 1.82) is 0 Å². The molecule has 0 fully saturated rings. The molecule has 0 radical (unpaired) electrons. The van der Waals surface area contributed by atoms with Crippen LogP contribution in [0.3, 0.4) is 0 Å². The lowest BCUT2D eigenvalue weighted by molar-refractivity contribution is -0.147. The molecule has 1 aromatic heterocycles.